The number of halogens is 6. The van der Waals surface area contributed by atoms with Crippen molar-refractivity contribution in [3.8, 4) is 0 Å². The Hall–Kier alpha value is -1.21. The van der Waals surface area contributed by atoms with E-state index in [9.17, 15) is 31.1 Å². The predicted octanol–water partition coefficient (Wildman–Crippen LogP) is 2.55. The molecule has 8 heteroatoms. The van der Waals surface area contributed by atoms with Crippen LogP contribution in [0.5, 0.6) is 0 Å². The van der Waals surface area contributed by atoms with E-state index in [0.717, 1.165) is 0 Å². The maximum atomic E-state index is 12.6. The maximum Gasteiger partial charge on any atom is 0.426 e. The summed E-state index contributed by atoms with van der Waals surface area (Å²) in [6, 6.07) is 0. The Labute approximate surface area is 80.2 Å². The van der Waals surface area contributed by atoms with Gasteiger partial charge in [-0.05, 0) is 6.92 Å². The number of carboxylic acids is 1. The molecular formula is C7H6F6O2. The fraction of sp³-hybridized carbons (Fsp3) is 0.571. The first-order chi connectivity index (χ1) is 6.49. The molecule has 0 bridgehead atoms. The van der Waals surface area contributed by atoms with E-state index in [1.165, 1.54) is 0 Å². The fourth-order valence-electron chi connectivity index (χ4n) is 0.687. The summed E-state index contributed by atoms with van der Waals surface area (Å²) in [6.45, 7) is 0.409. The van der Waals surface area contributed by atoms with Crippen molar-refractivity contribution in [3.05, 3.63) is 11.6 Å². The smallest absolute Gasteiger partial charge is 0.426 e. The minimum atomic E-state index is -5.74. The zero-order chi connectivity index (χ0) is 12.4. The molecule has 0 aromatic heterocycles. The number of allylic oxidation sites excluding steroid dienone is 1. The lowest BCUT2D eigenvalue weighted by Crippen LogP contribution is -2.42. The van der Waals surface area contributed by atoms with Crippen molar-refractivity contribution in [3.63, 3.8) is 0 Å². The SMILES string of the molecule is CC(=CC(=O)O)C(F)(F)C(F)C(F)(F)F. The summed E-state index contributed by atoms with van der Waals surface area (Å²) in [4.78, 5) is 9.92. The van der Waals surface area contributed by atoms with Gasteiger partial charge in [0.15, 0.2) is 0 Å². The molecule has 1 atom stereocenters. The minimum absolute atomic E-state index is 0.168. The van der Waals surface area contributed by atoms with Gasteiger partial charge in [0.1, 0.15) is 0 Å². The summed E-state index contributed by atoms with van der Waals surface area (Å²) >= 11 is 0. The Bertz CT molecular complexity index is 280. The molecule has 0 saturated heterocycles. The molecule has 0 aliphatic rings. The summed E-state index contributed by atoms with van der Waals surface area (Å²) < 4.78 is 72.4. The molecule has 0 rings (SSSR count). The number of hydrogen-bond donors (Lipinski definition) is 1. The summed E-state index contributed by atoms with van der Waals surface area (Å²) in [6.07, 6.45) is -10.3. The van der Waals surface area contributed by atoms with Crippen LogP contribution in [0, 0.1) is 0 Å². The minimum Gasteiger partial charge on any atom is -0.478 e. The van der Waals surface area contributed by atoms with Crippen LogP contribution < -0.4 is 0 Å². The highest BCUT2D eigenvalue weighted by Crippen LogP contribution is 2.39. The number of rotatable bonds is 3. The first kappa shape index (κ1) is 13.8. The van der Waals surface area contributed by atoms with Gasteiger partial charge < -0.3 is 5.11 Å². The van der Waals surface area contributed by atoms with Crippen LogP contribution >= 0.6 is 0 Å². The molecule has 0 aliphatic carbocycles. The number of hydrogen-bond acceptors (Lipinski definition) is 1. The van der Waals surface area contributed by atoms with Crippen LogP contribution in [-0.2, 0) is 4.79 Å². The Balaban J connectivity index is 5.06. The number of carboxylic acid groups (broad SMARTS) is 1. The lowest BCUT2D eigenvalue weighted by molar-refractivity contribution is -0.233. The van der Waals surface area contributed by atoms with Crippen LogP contribution in [0.3, 0.4) is 0 Å². The summed E-state index contributed by atoms with van der Waals surface area (Å²) in [7, 11) is 0. The van der Waals surface area contributed by atoms with E-state index in [1.807, 2.05) is 0 Å². The zero-order valence-corrected chi connectivity index (χ0v) is 7.28. The molecule has 0 radical (unpaired) electrons. The lowest BCUT2D eigenvalue weighted by Gasteiger charge is -2.22. The predicted molar refractivity (Wildman–Crippen MR) is 37.3 cm³/mol. The third kappa shape index (κ3) is 3.45. The van der Waals surface area contributed by atoms with Crippen molar-refractivity contribution >= 4 is 5.97 Å². The van der Waals surface area contributed by atoms with Gasteiger partial charge in [-0.15, -0.1) is 0 Å². The molecule has 0 aromatic carbocycles. The Morgan fingerprint density at radius 3 is 1.93 bits per heavy atom. The molecule has 0 fully saturated rings. The highest BCUT2D eigenvalue weighted by atomic mass is 19.4. The van der Waals surface area contributed by atoms with E-state index in [-0.39, 0.29) is 6.08 Å². The van der Waals surface area contributed by atoms with E-state index in [0.29, 0.717) is 6.92 Å². The summed E-state index contributed by atoms with van der Waals surface area (Å²) in [5, 5.41) is 8.02. The second kappa shape index (κ2) is 4.11. The molecule has 1 unspecified atom stereocenters. The molecule has 0 aliphatic heterocycles. The monoisotopic (exact) mass is 236 g/mol. The Morgan fingerprint density at radius 2 is 1.67 bits per heavy atom. The number of carbonyl (C=O) groups is 1. The molecule has 2 nitrogen and oxygen atoms in total. The average Bonchev–Trinajstić information content (AvgIpc) is 1.99. The van der Waals surface area contributed by atoms with Crippen LogP contribution in [0.2, 0.25) is 0 Å². The quantitative estimate of drug-likeness (QED) is 0.604. The molecule has 0 spiro atoms. The van der Waals surface area contributed by atoms with E-state index in [1.54, 1.807) is 0 Å². The first-order valence-corrected chi connectivity index (χ1v) is 3.50. The Morgan fingerprint density at radius 1 is 1.27 bits per heavy atom. The highest BCUT2D eigenvalue weighted by molar-refractivity contribution is 5.80. The van der Waals surface area contributed by atoms with Gasteiger partial charge >= 0.3 is 18.1 Å². The van der Waals surface area contributed by atoms with E-state index >= 15 is 0 Å². The second-order valence-electron chi connectivity index (χ2n) is 2.69. The molecular weight excluding hydrogens is 230 g/mol. The summed E-state index contributed by atoms with van der Waals surface area (Å²) in [5.41, 5.74) is -1.50. The normalized spacial score (nSPS) is 16.3. The van der Waals surface area contributed by atoms with Crippen molar-refractivity contribution in [2.75, 3.05) is 0 Å². The van der Waals surface area contributed by atoms with Gasteiger partial charge in [0.05, 0.1) is 0 Å². The van der Waals surface area contributed by atoms with Crippen LogP contribution in [0.4, 0.5) is 26.3 Å². The number of alkyl halides is 6. The lowest BCUT2D eigenvalue weighted by atomic mass is 10.1. The third-order valence-corrected chi connectivity index (χ3v) is 1.47. The highest BCUT2D eigenvalue weighted by Gasteiger charge is 2.57. The van der Waals surface area contributed by atoms with Crippen molar-refractivity contribution in [2.24, 2.45) is 0 Å². The number of aliphatic carboxylic acids is 1. The molecule has 1 N–H and O–H groups in total. The van der Waals surface area contributed by atoms with Gasteiger partial charge in [-0.2, -0.15) is 22.0 Å². The van der Waals surface area contributed by atoms with Crippen molar-refractivity contribution in [2.45, 2.75) is 25.2 Å². The van der Waals surface area contributed by atoms with Crippen molar-refractivity contribution in [1.82, 2.24) is 0 Å². The van der Waals surface area contributed by atoms with Crippen LogP contribution in [0.15, 0.2) is 11.6 Å². The van der Waals surface area contributed by atoms with Gasteiger partial charge in [0, 0.05) is 11.6 Å². The van der Waals surface area contributed by atoms with Crippen LogP contribution in [0.25, 0.3) is 0 Å². The van der Waals surface area contributed by atoms with Crippen LogP contribution in [0.1, 0.15) is 6.92 Å². The zero-order valence-electron chi connectivity index (χ0n) is 7.28. The van der Waals surface area contributed by atoms with Crippen molar-refractivity contribution in [1.29, 1.82) is 0 Å². The van der Waals surface area contributed by atoms with E-state index in [2.05, 4.69) is 0 Å². The topological polar surface area (TPSA) is 37.3 Å². The van der Waals surface area contributed by atoms with Gasteiger partial charge in [0.25, 0.3) is 6.17 Å². The Kier molecular flexibility index (Phi) is 3.78. The van der Waals surface area contributed by atoms with E-state index in [4.69, 9.17) is 5.11 Å². The van der Waals surface area contributed by atoms with Crippen molar-refractivity contribution < 1.29 is 36.2 Å². The standard InChI is InChI=1S/C7H6F6O2/c1-3(2-4(14)15)6(9,10)5(8)7(11,12)13/h2,5H,1H3,(H,14,15). The van der Waals surface area contributed by atoms with Gasteiger partial charge in [-0.25, -0.2) is 9.18 Å². The third-order valence-electron chi connectivity index (χ3n) is 1.47. The maximum absolute atomic E-state index is 12.6. The van der Waals surface area contributed by atoms with E-state index < -0.39 is 29.8 Å². The van der Waals surface area contributed by atoms with Gasteiger partial charge in [0.2, 0.25) is 0 Å². The molecule has 0 heterocycles. The largest absolute Gasteiger partial charge is 0.478 e. The molecule has 15 heavy (non-hydrogen) atoms. The molecule has 0 saturated carbocycles. The second-order valence-corrected chi connectivity index (χ2v) is 2.69. The average molecular weight is 236 g/mol. The van der Waals surface area contributed by atoms with Gasteiger partial charge in [-0.1, -0.05) is 0 Å². The van der Waals surface area contributed by atoms with Crippen LogP contribution in [-0.4, -0.2) is 29.3 Å². The van der Waals surface area contributed by atoms with Gasteiger partial charge in [-0.3, -0.25) is 0 Å². The fourth-order valence-corrected chi connectivity index (χ4v) is 0.687. The molecule has 0 amide bonds. The summed E-state index contributed by atoms with van der Waals surface area (Å²) in [5.74, 6) is -6.75. The molecule has 88 valence electrons. The molecule has 0 aromatic rings. The first-order valence-electron chi connectivity index (χ1n) is 3.50.